The van der Waals surface area contributed by atoms with Gasteiger partial charge in [0.15, 0.2) is 11.5 Å². The SMILES string of the molecule is COc1cc(CN2CCN(CCCc3ccccc3)[C@@H](CCO)C2)cc(OC)c1O. The monoisotopic (exact) mass is 414 g/mol. The molecule has 164 valence electrons. The van der Waals surface area contributed by atoms with Gasteiger partial charge in [-0.2, -0.15) is 0 Å². The highest BCUT2D eigenvalue weighted by Crippen LogP contribution is 2.37. The van der Waals surface area contributed by atoms with E-state index in [1.54, 1.807) is 14.2 Å². The second-order valence-electron chi connectivity index (χ2n) is 7.88. The molecule has 1 saturated heterocycles. The van der Waals surface area contributed by atoms with Crippen molar-refractivity contribution < 1.29 is 19.7 Å². The van der Waals surface area contributed by atoms with E-state index in [1.165, 1.54) is 5.56 Å². The molecule has 30 heavy (non-hydrogen) atoms. The highest BCUT2D eigenvalue weighted by Gasteiger charge is 2.26. The van der Waals surface area contributed by atoms with Gasteiger partial charge in [-0.15, -0.1) is 0 Å². The number of hydrogen-bond acceptors (Lipinski definition) is 6. The molecule has 0 aliphatic carbocycles. The second-order valence-corrected chi connectivity index (χ2v) is 7.88. The normalized spacial score (nSPS) is 17.8. The maximum Gasteiger partial charge on any atom is 0.200 e. The Hall–Kier alpha value is -2.28. The Balaban J connectivity index is 1.58. The molecule has 1 aliphatic rings. The van der Waals surface area contributed by atoms with Crippen molar-refractivity contribution in [3.05, 3.63) is 53.6 Å². The number of benzene rings is 2. The van der Waals surface area contributed by atoms with Gasteiger partial charge in [-0.3, -0.25) is 9.80 Å². The first-order valence-electron chi connectivity index (χ1n) is 10.7. The smallest absolute Gasteiger partial charge is 0.200 e. The Morgan fingerprint density at radius 3 is 2.33 bits per heavy atom. The average Bonchev–Trinajstić information content (AvgIpc) is 2.77. The maximum atomic E-state index is 10.1. The fraction of sp³-hybridized carbons (Fsp3) is 0.500. The Morgan fingerprint density at radius 1 is 1.00 bits per heavy atom. The summed E-state index contributed by atoms with van der Waals surface area (Å²) in [5.41, 5.74) is 2.42. The molecule has 0 saturated carbocycles. The molecule has 0 bridgehead atoms. The third-order valence-electron chi connectivity index (χ3n) is 5.85. The minimum Gasteiger partial charge on any atom is -0.502 e. The number of aryl methyl sites for hydroxylation is 1. The lowest BCUT2D eigenvalue weighted by Gasteiger charge is -2.41. The summed E-state index contributed by atoms with van der Waals surface area (Å²) in [5, 5.41) is 19.7. The van der Waals surface area contributed by atoms with Gasteiger partial charge in [0.05, 0.1) is 14.2 Å². The molecule has 1 fully saturated rings. The maximum absolute atomic E-state index is 10.1. The van der Waals surface area contributed by atoms with E-state index in [0.29, 0.717) is 17.5 Å². The minimum absolute atomic E-state index is 0.0325. The number of aliphatic hydroxyl groups excluding tert-OH is 1. The molecule has 0 unspecified atom stereocenters. The minimum atomic E-state index is 0.0325. The molecule has 0 spiro atoms. The van der Waals surface area contributed by atoms with E-state index in [2.05, 4.69) is 40.1 Å². The van der Waals surface area contributed by atoms with Crippen LogP contribution in [0.15, 0.2) is 42.5 Å². The zero-order valence-electron chi connectivity index (χ0n) is 18.1. The van der Waals surface area contributed by atoms with Crippen molar-refractivity contribution in [1.82, 2.24) is 9.80 Å². The third-order valence-corrected chi connectivity index (χ3v) is 5.85. The van der Waals surface area contributed by atoms with Crippen LogP contribution in [0.25, 0.3) is 0 Å². The van der Waals surface area contributed by atoms with E-state index >= 15 is 0 Å². The summed E-state index contributed by atoms with van der Waals surface area (Å²) in [4.78, 5) is 4.92. The summed E-state index contributed by atoms with van der Waals surface area (Å²) in [6, 6.07) is 14.7. The zero-order valence-corrected chi connectivity index (χ0v) is 18.1. The molecule has 2 aromatic carbocycles. The van der Waals surface area contributed by atoms with Crippen LogP contribution in [-0.4, -0.2) is 73.1 Å². The predicted octanol–water partition coefficient (Wildman–Crippen LogP) is 2.91. The van der Waals surface area contributed by atoms with Crippen LogP contribution >= 0.6 is 0 Å². The van der Waals surface area contributed by atoms with Gasteiger partial charge in [0.1, 0.15) is 0 Å². The van der Waals surface area contributed by atoms with Crippen LogP contribution < -0.4 is 9.47 Å². The number of phenolic OH excluding ortho intramolecular Hbond substituents is 1. The first kappa shape index (κ1) is 22.4. The number of nitrogens with zero attached hydrogens (tertiary/aromatic N) is 2. The zero-order chi connectivity index (χ0) is 21.3. The Bertz CT molecular complexity index is 759. The number of aliphatic hydroxyl groups is 1. The van der Waals surface area contributed by atoms with Crippen molar-refractivity contribution in [1.29, 1.82) is 0 Å². The molecule has 0 amide bonds. The van der Waals surface area contributed by atoms with E-state index < -0.39 is 0 Å². The van der Waals surface area contributed by atoms with Crippen LogP contribution in [0.4, 0.5) is 0 Å². The van der Waals surface area contributed by atoms with Crippen LogP contribution in [0.3, 0.4) is 0 Å². The summed E-state index contributed by atoms with van der Waals surface area (Å²) in [5.74, 6) is 0.886. The van der Waals surface area contributed by atoms with Crippen LogP contribution in [0, 0.1) is 0 Å². The lowest BCUT2D eigenvalue weighted by molar-refractivity contribution is 0.0546. The Morgan fingerprint density at radius 2 is 1.70 bits per heavy atom. The Labute approximate surface area is 179 Å². The molecule has 6 nitrogen and oxygen atoms in total. The number of methoxy groups -OCH3 is 2. The molecule has 1 atom stereocenters. The van der Waals surface area contributed by atoms with Crippen LogP contribution in [0.1, 0.15) is 24.0 Å². The van der Waals surface area contributed by atoms with Crippen LogP contribution in [-0.2, 0) is 13.0 Å². The Kier molecular flexibility index (Phi) is 8.37. The largest absolute Gasteiger partial charge is 0.502 e. The van der Waals surface area contributed by atoms with Crippen molar-refractivity contribution in [3.8, 4) is 17.2 Å². The van der Waals surface area contributed by atoms with Gasteiger partial charge >= 0.3 is 0 Å². The fourth-order valence-electron chi connectivity index (χ4n) is 4.25. The van der Waals surface area contributed by atoms with E-state index in [4.69, 9.17) is 9.47 Å². The lowest BCUT2D eigenvalue weighted by Crippen LogP contribution is -2.53. The molecule has 2 N–H and O–H groups in total. The number of aromatic hydroxyl groups is 1. The van der Waals surface area contributed by atoms with E-state index in [1.807, 2.05) is 12.1 Å². The number of hydrogen-bond donors (Lipinski definition) is 2. The van der Waals surface area contributed by atoms with Gasteiger partial charge in [0.25, 0.3) is 0 Å². The quantitative estimate of drug-likeness (QED) is 0.623. The molecular weight excluding hydrogens is 380 g/mol. The van der Waals surface area contributed by atoms with Crippen molar-refractivity contribution >= 4 is 0 Å². The standard InChI is InChI=1S/C24H34N2O4/c1-29-22-15-20(16-23(30-2)24(22)28)17-25-12-13-26(21(18-25)10-14-27)11-6-9-19-7-4-3-5-8-19/h3-5,7-8,15-16,21,27-28H,6,9-14,17-18H2,1-2H3/t21-/m0/s1. The summed E-state index contributed by atoms with van der Waals surface area (Å²) < 4.78 is 10.6. The van der Waals surface area contributed by atoms with Gasteiger partial charge in [-0.25, -0.2) is 0 Å². The molecule has 6 heteroatoms. The molecule has 0 aromatic heterocycles. The summed E-state index contributed by atoms with van der Waals surface area (Å²) in [6.45, 7) is 4.89. The van der Waals surface area contributed by atoms with Crippen molar-refractivity contribution in [2.75, 3.05) is 47.0 Å². The molecule has 1 heterocycles. The summed E-state index contributed by atoms with van der Waals surface area (Å²) in [6.07, 6.45) is 2.99. The number of piperazine rings is 1. The van der Waals surface area contributed by atoms with Gasteiger partial charge in [-0.05, 0) is 49.1 Å². The predicted molar refractivity (Wildman–Crippen MR) is 118 cm³/mol. The molecule has 0 radical (unpaired) electrons. The average molecular weight is 415 g/mol. The fourth-order valence-corrected chi connectivity index (χ4v) is 4.25. The number of ether oxygens (including phenoxy) is 2. The van der Waals surface area contributed by atoms with Crippen molar-refractivity contribution in [2.45, 2.75) is 31.8 Å². The molecule has 2 aromatic rings. The lowest BCUT2D eigenvalue weighted by atomic mass is 10.1. The van der Waals surface area contributed by atoms with Crippen molar-refractivity contribution in [3.63, 3.8) is 0 Å². The van der Waals surface area contributed by atoms with E-state index in [0.717, 1.165) is 57.5 Å². The molecular formula is C24H34N2O4. The summed E-state index contributed by atoms with van der Waals surface area (Å²) in [7, 11) is 3.09. The van der Waals surface area contributed by atoms with Gasteiger partial charge in [0, 0.05) is 38.8 Å². The van der Waals surface area contributed by atoms with E-state index in [-0.39, 0.29) is 12.4 Å². The van der Waals surface area contributed by atoms with Gasteiger partial charge < -0.3 is 19.7 Å². The van der Waals surface area contributed by atoms with Crippen molar-refractivity contribution in [2.24, 2.45) is 0 Å². The number of phenols is 1. The topological polar surface area (TPSA) is 65.4 Å². The molecule has 1 aliphatic heterocycles. The summed E-state index contributed by atoms with van der Waals surface area (Å²) >= 11 is 0. The third kappa shape index (κ3) is 5.88. The van der Waals surface area contributed by atoms with E-state index in [9.17, 15) is 10.2 Å². The molecule has 3 rings (SSSR count). The number of rotatable bonds is 10. The first-order valence-corrected chi connectivity index (χ1v) is 10.7. The highest BCUT2D eigenvalue weighted by molar-refractivity contribution is 5.52. The van der Waals surface area contributed by atoms with Gasteiger partial charge in [-0.1, -0.05) is 30.3 Å². The first-order chi connectivity index (χ1) is 14.6. The van der Waals surface area contributed by atoms with Crippen LogP contribution in [0.2, 0.25) is 0 Å². The van der Waals surface area contributed by atoms with Crippen LogP contribution in [0.5, 0.6) is 17.2 Å². The second kappa shape index (κ2) is 11.2. The highest BCUT2D eigenvalue weighted by atomic mass is 16.5. The van der Waals surface area contributed by atoms with Gasteiger partial charge in [0.2, 0.25) is 5.75 Å².